The minimum atomic E-state index is -0.769. The molecule has 0 saturated carbocycles. The smallest absolute Gasteiger partial charge is 0.306 e. The molecule has 1 unspecified atom stereocenters. The van der Waals surface area contributed by atoms with Crippen LogP contribution < -0.4 is 0 Å². The molecule has 0 fully saturated rings. The first kappa shape index (κ1) is 52.9. The zero-order chi connectivity index (χ0) is 40.1. The molecule has 0 aromatic heterocycles. The maximum Gasteiger partial charge on any atom is 0.306 e. The van der Waals surface area contributed by atoms with E-state index in [1.54, 1.807) is 0 Å². The average molecular weight is 775 g/mol. The summed E-state index contributed by atoms with van der Waals surface area (Å²) in [5.41, 5.74) is 0. The predicted molar refractivity (Wildman–Crippen MR) is 233 cm³/mol. The molecule has 0 heterocycles. The molecule has 0 aliphatic carbocycles. The Bertz CT molecular complexity index is 896. The van der Waals surface area contributed by atoms with Crippen molar-refractivity contribution in [2.24, 2.45) is 0 Å². The highest BCUT2D eigenvalue weighted by Gasteiger charge is 2.19. The molecule has 0 aliphatic rings. The summed E-state index contributed by atoms with van der Waals surface area (Å²) in [4.78, 5) is 37.5. The Morgan fingerprint density at radius 1 is 0.345 bits per heavy atom. The summed E-state index contributed by atoms with van der Waals surface area (Å²) in [7, 11) is 0. The number of unbranched alkanes of at least 4 members (excludes halogenated alkanes) is 28. The van der Waals surface area contributed by atoms with Gasteiger partial charge in [0.05, 0.1) is 0 Å². The third kappa shape index (κ3) is 42.9. The largest absolute Gasteiger partial charge is 0.462 e. The van der Waals surface area contributed by atoms with Crippen LogP contribution in [0.4, 0.5) is 0 Å². The van der Waals surface area contributed by atoms with Crippen molar-refractivity contribution in [2.45, 2.75) is 258 Å². The number of rotatable bonds is 43. The van der Waals surface area contributed by atoms with Gasteiger partial charge in [-0.25, -0.2) is 0 Å². The number of hydrogen-bond donors (Lipinski definition) is 0. The molecule has 55 heavy (non-hydrogen) atoms. The van der Waals surface area contributed by atoms with Crippen molar-refractivity contribution in [3.63, 3.8) is 0 Å². The molecule has 0 aromatic rings. The fourth-order valence-corrected chi connectivity index (χ4v) is 6.78. The molecule has 6 nitrogen and oxygen atoms in total. The number of allylic oxidation sites excluding steroid dienone is 4. The second-order valence-electron chi connectivity index (χ2n) is 16.0. The summed E-state index contributed by atoms with van der Waals surface area (Å²) in [6.45, 7) is 6.54. The molecule has 6 heteroatoms. The first-order valence-electron chi connectivity index (χ1n) is 23.8. The molecule has 1 atom stereocenters. The average Bonchev–Trinajstić information content (AvgIpc) is 3.18. The topological polar surface area (TPSA) is 78.9 Å². The van der Waals surface area contributed by atoms with Crippen LogP contribution in [0.2, 0.25) is 0 Å². The fourth-order valence-electron chi connectivity index (χ4n) is 6.78. The van der Waals surface area contributed by atoms with Crippen molar-refractivity contribution in [1.82, 2.24) is 0 Å². The third-order valence-corrected chi connectivity index (χ3v) is 10.4. The van der Waals surface area contributed by atoms with Gasteiger partial charge >= 0.3 is 17.9 Å². The van der Waals surface area contributed by atoms with Gasteiger partial charge in [0, 0.05) is 19.3 Å². The van der Waals surface area contributed by atoms with Crippen LogP contribution in [0.3, 0.4) is 0 Å². The van der Waals surface area contributed by atoms with Crippen LogP contribution in [0.5, 0.6) is 0 Å². The number of carbonyl (C=O) groups excluding carboxylic acids is 3. The SMILES string of the molecule is CCCCCCCC/C=C\CCCCCCCCCC(=O)OCC(COC(=O)CCCCCCC)OC(=O)CCCCCCC/C=C\CCCCCCCC. The molecular formula is C49H90O6. The Hall–Kier alpha value is -2.11. The molecule has 322 valence electrons. The van der Waals surface area contributed by atoms with Gasteiger partial charge in [-0.05, 0) is 70.6 Å². The van der Waals surface area contributed by atoms with E-state index in [4.69, 9.17) is 14.2 Å². The van der Waals surface area contributed by atoms with Gasteiger partial charge < -0.3 is 14.2 Å². The van der Waals surface area contributed by atoms with Crippen LogP contribution in [0.25, 0.3) is 0 Å². The van der Waals surface area contributed by atoms with Gasteiger partial charge in [-0.2, -0.15) is 0 Å². The van der Waals surface area contributed by atoms with E-state index in [2.05, 4.69) is 45.1 Å². The number of carbonyl (C=O) groups is 3. The first-order chi connectivity index (χ1) is 27.0. The van der Waals surface area contributed by atoms with Crippen molar-refractivity contribution in [3.05, 3.63) is 24.3 Å². The zero-order valence-corrected chi connectivity index (χ0v) is 36.7. The molecule has 0 aromatic carbocycles. The monoisotopic (exact) mass is 775 g/mol. The predicted octanol–water partition coefficient (Wildman–Crippen LogP) is 15.2. The summed E-state index contributed by atoms with van der Waals surface area (Å²) in [5.74, 6) is -0.895. The zero-order valence-electron chi connectivity index (χ0n) is 36.7. The van der Waals surface area contributed by atoms with Gasteiger partial charge in [0.1, 0.15) is 13.2 Å². The van der Waals surface area contributed by atoms with Crippen LogP contribution in [0.1, 0.15) is 252 Å². The molecule has 0 N–H and O–H groups in total. The maximum absolute atomic E-state index is 12.7. The molecule has 0 spiro atoms. The fraction of sp³-hybridized carbons (Fsp3) is 0.857. The number of esters is 3. The van der Waals surface area contributed by atoms with Gasteiger partial charge in [0.2, 0.25) is 0 Å². The van der Waals surface area contributed by atoms with E-state index < -0.39 is 6.10 Å². The first-order valence-corrected chi connectivity index (χ1v) is 23.8. The summed E-state index contributed by atoms with van der Waals surface area (Å²) in [5, 5.41) is 0. The normalized spacial score (nSPS) is 12.1. The van der Waals surface area contributed by atoms with Crippen molar-refractivity contribution < 1.29 is 28.6 Å². The number of ether oxygens (including phenoxy) is 3. The summed E-state index contributed by atoms with van der Waals surface area (Å²) >= 11 is 0. The molecule has 0 saturated heterocycles. The molecule has 0 rings (SSSR count). The molecule has 0 amide bonds. The van der Waals surface area contributed by atoms with E-state index in [1.807, 2.05) is 0 Å². The van der Waals surface area contributed by atoms with Crippen molar-refractivity contribution in [3.8, 4) is 0 Å². The second kappa shape index (κ2) is 44.6. The van der Waals surface area contributed by atoms with Crippen LogP contribution in [-0.2, 0) is 28.6 Å². The lowest BCUT2D eigenvalue weighted by Crippen LogP contribution is -2.30. The minimum Gasteiger partial charge on any atom is -0.462 e. The van der Waals surface area contributed by atoms with Gasteiger partial charge in [-0.3, -0.25) is 14.4 Å². The highest BCUT2D eigenvalue weighted by molar-refractivity contribution is 5.71. The summed E-state index contributed by atoms with van der Waals surface area (Å²) in [6, 6.07) is 0. The minimum absolute atomic E-state index is 0.0753. The van der Waals surface area contributed by atoms with E-state index in [-0.39, 0.29) is 31.1 Å². The third-order valence-electron chi connectivity index (χ3n) is 10.4. The van der Waals surface area contributed by atoms with Crippen LogP contribution in [-0.4, -0.2) is 37.2 Å². The molecule has 0 radical (unpaired) electrons. The maximum atomic E-state index is 12.7. The van der Waals surface area contributed by atoms with Gasteiger partial charge in [-0.1, -0.05) is 186 Å². The van der Waals surface area contributed by atoms with Gasteiger partial charge in [-0.15, -0.1) is 0 Å². The Balaban J connectivity index is 4.20. The Kier molecular flexibility index (Phi) is 42.9. The molecular weight excluding hydrogens is 685 g/mol. The number of hydrogen-bond acceptors (Lipinski definition) is 6. The van der Waals surface area contributed by atoms with Gasteiger partial charge in [0.25, 0.3) is 0 Å². The van der Waals surface area contributed by atoms with Crippen LogP contribution >= 0.6 is 0 Å². The summed E-state index contributed by atoms with van der Waals surface area (Å²) < 4.78 is 16.6. The van der Waals surface area contributed by atoms with E-state index >= 15 is 0 Å². The van der Waals surface area contributed by atoms with Crippen molar-refractivity contribution >= 4 is 17.9 Å². The molecule has 0 bridgehead atoms. The quantitative estimate of drug-likeness (QED) is 0.0266. The van der Waals surface area contributed by atoms with Crippen LogP contribution in [0, 0.1) is 0 Å². The Labute approximate surface area is 341 Å². The summed E-state index contributed by atoms with van der Waals surface area (Å²) in [6.07, 6.45) is 49.0. The van der Waals surface area contributed by atoms with Crippen molar-refractivity contribution in [2.75, 3.05) is 13.2 Å². The van der Waals surface area contributed by atoms with Gasteiger partial charge in [0.15, 0.2) is 6.10 Å². The van der Waals surface area contributed by atoms with Crippen molar-refractivity contribution in [1.29, 1.82) is 0 Å². The Morgan fingerprint density at radius 2 is 0.600 bits per heavy atom. The highest BCUT2D eigenvalue weighted by Crippen LogP contribution is 2.14. The second-order valence-corrected chi connectivity index (χ2v) is 16.0. The lowest BCUT2D eigenvalue weighted by atomic mass is 10.1. The lowest BCUT2D eigenvalue weighted by Gasteiger charge is -2.18. The van der Waals surface area contributed by atoms with Crippen LogP contribution in [0.15, 0.2) is 24.3 Å². The highest BCUT2D eigenvalue weighted by atomic mass is 16.6. The molecule has 0 aliphatic heterocycles. The standard InChI is InChI=1S/C49H90O6/c1-4-7-10-13-15-17-19-21-23-24-26-27-29-31-33-36-39-42-48(51)54-45-46(44-53-47(50)41-38-35-12-9-6-3)55-49(52)43-40-37-34-32-30-28-25-22-20-18-16-14-11-8-5-2/h21-23,25,46H,4-20,24,26-45H2,1-3H3/b23-21-,25-22-. The van der Waals surface area contributed by atoms with E-state index in [0.717, 1.165) is 70.6 Å². The van der Waals surface area contributed by atoms with E-state index in [9.17, 15) is 14.4 Å². The van der Waals surface area contributed by atoms with E-state index in [0.29, 0.717) is 19.3 Å². The lowest BCUT2D eigenvalue weighted by molar-refractivity contribution is -0.167. The Morgan fingerprint density at radius 3 is 0.909 bits per heavy atom. The van der Waals surface area contributed by atoms with E-state index in [1.165, 1.54) is 141 Å².